The molecule has 1 aromatic carbocycles. The first kappa shape index (κ1) is 9.69. The van der Waals surface area contributed by atoms with Gasteiger partial charge in [-0.1, -0.05) is 24.3 Å². The SMILES string of the molecule is NCCc1ccc(CC2(O)CC2)cc1. The van der Waals surface area contributed by atoms with Crippen LogP contribution in [0.15, 0.2) is 24.3 Å². The summed E-state index contributed by atoms with van der Waals surface area (Å²) in [5.41, 5.74) is 7.60. The predicted molar refractivity (Wildman–Crippen MR) is 57.1 cm³/mol. The number of rotatable bonds is 4. The van der Waals surface area contributed by atoms with Crippen LogP contribution in [0, 0.1) is 0 Å². The summed E-state index contributed by atoms with van der Waals surface area (Å²) < 4.78 is 0. The second-order valence-corrected chi connectivity index (χ2v) is 4.26. The van der Waals surface area contributed by atoms with Crippen LogP contribution in [0.3, 0.4) is 0 Å². The topological polar surface area (TPSA) is 46.2 Å². The highest BCUT2D eigenvalue weighted by molar-refractivity contribution is 5.25. The second-order valence-electron chi connectivity index (χ2n) is 4.26. The standard InChI is InChI=1S/C12H17NO/c13-8-5-10-1-3-11(4-2-10)9-12(14)6-7-12/h1-4,14H,5-9,13H2. The fourth-order valence-electron chi connectivity index (χ4n) is 1.69. The Morgan fingerprint density at radius 1 is 1.14 bits per heavy atom. The van der Waals surface area contributed by atoms with Gasteiger partial charge in [-0.25, -0.2) is 0 Å². The first-order valence-corrected chi connectivity index (χ1v) is 5.22. The minimum Gasteiger partial charge on any atom is -0.390 e. The van der Waals surface area contributed by atoms with E-state index in [1.54, 1.807) is 0 Å². The maximum Gasteiger partial charge on any atom is 0.0690 e. The summed E-state index contributed by atoms with van der Waals surface area (Å²) in [5.74, 6) is 0. The van der Waals surface area contributed by atoms with Gasteiger partial charge in [-0.05, 0) is 36.9 Å². The first-order valence-electron chi connectivity index (χ1n) is 5.22. The van der Waals surface area contributed by atoms with Crippen LogP contribution in [0.1, 0.15) is 24.0 Å². The van der Waals surface area contributed by atoms with Crippen LogP contribution in [0.2, 0.25) is 0 Å². The molecule has 0 heterocycles. The zero-order valence-corrected chi connectivity index (χ0v) is 8.37. The van der Waals surface area contributed by atoms with Crippen molar-refractivity contribution in [3.63, 3.8) is 0 Å². The molecular formula is C12H17NO. The van der Waals surface area contributed by atoms with Crippen LogP contribution in [0.4, 0.5) is 0 Å². The van der Waals surface area contributed by atoms with Gasteiger partial charge in [0.25, 0.3) is 0 Å². The lowest BCUT2D eigenvalue weighted by atomic mass is 10.0. The van der Waals surface area contributed by atoms with Gasteiger partial charge in [0.15, 0.2) is 0 Å². The highest BCUT2D eigenvalue weighted by Gasteiger charge is 2.39. The maximum absolute atomic E-state index is 9.73. The van der Waals surface area contributed by atoms with Gasteiger partial charge in [0.05, 0.1) is 5.60 Å². The van der Waals surface area contributed by atoms with E-state index in [2.05, 4.69) is 24.3 Å². The largest absolute Gasteiger partial charge is 0.390 e. The molecule has 1 aromatic rings. The Kier molecular flexibility index (Phi) is 2.57. The number of nitrogens with two attached hydrogens (primary N) is 1. The van der Waals surface area contributed by atoms with Crippen molar-refractivity contribution in [3.05, 3.63) is 35.4 Å². The van der Waals surface area contributed by atoms with E-state index in [1.165, 1.54) is 11.1 Å². The van der Waals surface area contributed by atoms with E-state index in [4.69, 9.17) is 5.73 Å². The Hall–Kier alpha value is -0.860. The highest BCUT2D eigenvalue weighted by atomic mass is 16.3. The maximum atomic E-state index is 9.73. The molecular weight excluding hydrogens is 174 g/mol. The normalized spacial score (nSPS) is 18.1. The summed E-state index contributed by atoms with van der Waals surface area (Å²) in [4.78, 5) is 0. The van der Waals surface area contributed by atoms with E-state index in [0.717, 1.165) is 25.7 Å². The molecule has 0 atom stereocenters. The zero-order chi connectivity index (χ0) is 10.0. The van der Waals surface area contributed by atoms with E-state index in [1.807, 2.05) is 0 Å². The average molecular weight is 191 g/mol. The summed E-state index contributed by atoms with van der Waals surface area (Å²) in [7, 11) is 0. The van der Waals surface area contributed by atoms with Crippen molar-refractivity contribution in [1.82, 2.24) is 0 Å². The summed E-state index contributed by atoms with van der Waals surface area (Å²) in [5, 5.41) is 9.73. The fraction of sp³-hybridized carbons (Fsp3) is 0.500. The van der Waals surface area contributed by atoms with Crippen molar-refractivity contribution in [2.45, 2.75) is 31.3 Å². The Morgan fingerprint density at radius 3 is 2.21 bits per heavy atom. The minimum absolute atomic E-state index is 0.380. The summed E-state index contributed by atoms with van der Waals surface area (Å²) in [6.45, 7) is 0.698. The quantitative estimate of drug-likeness (QED) is 0.752. The molecule has 0 spiro atoms. The fourth-order valence-corrected chi connectivity index (χ4v) is 1.69. The van der Waals surface area contributed by atoms with E-state index in [9.17, 15) is 5.11 Å². The molecule has 0 saturated heterocycles. The smallest absolute Gasteiger partial charge is 0.0690 e. The zero-order valence-electron chi connectivity index (χ0n) is 8.37. The summed E-state index contributed by atoms with van der Waals surface area (Å²) in [6.07, 6.45) is 3.65. The van der Waals surface area contributed by atoms with Crippen molar-refractivity contribution in [2.75, 3.05) is 6.54 Å². The lowest BCUT2D eigenvalue weighted by Gasteiger charge is -2.07. The molecule has 1 aliphatic carbocycles. The molecule has 0 bridgehead atoms. The molecule has 2 rings (SSSR count). The molecule has 0 amide bonds. The van der Waals surface area contributed by atoms with Crippen molar-refractivity contribution >= 4 is 0 Å². The Morgan fingerprint density at radius 2 is 1.71 bits per heavy atom. The van der Waals surface area contributed by atoms with Crippen LogP contribution >= 0.6 is 0 Å². The Labute approximate surface area is 84.7 Å². The molecule has 76 valence electrons. The lowest BCUT2D eigenvalue weighted by Crippen LogP contribution is -2.10. The molecule has 1 fully saturated rings. The van der Waals surface area contributed by atoms with Gasteiger partial charge in [-0.3, -0.25) is 0 Å². The van der Waals surface area contributed by atoms with Crippen molar-refractivity contribution < 1.29 is 5.11 Å². The van der Waals surface area contributed by atoms with Gasteiger partial charge in [0.1, 0.15) is 0 Å². The van der Waals surface area contributed by atoms with Crippen molar-refractivity contribution in [2.24, 2.45) is 5.73 Å². The van der Waals surface area contributed by atoms with E-state index < -0.39 is 0 Å². The molecule has 0 radical (unpaired) electrons. The van der Waals surface area contributed by atoms with Crippen LogP contribution < -0.4 is 5.73 Å². The van der Waals surface area contributed by atoms with Gasteiger partial charge in [-0.15, -0.1) is 0 Å². The van der Waals surface area contributed by atoms with Gasteiger partial charge in [0.2, 0.25) is 0 Å². The third-order valence-corrected chi connectivity index (χ3v) is 2.82. The van der Waals surface area contributed by atoms with Gasteiger partial charge < -0.3 is 10.8 Å². The molecule has 3 N–H and O–H groups in total. The minimum atomic E-state index is -0.380. The Balaban J connectivity index is 1.99. The molecule has 0 aliphatic heterocycles. The molecule has 0 aromatic heterocycles. The monoisotopic (exact) mass is 191 g/mol. The van der Waals surface area contributed by atoms with Crippen LogP contribution in [0.5, 0.6) is 0 Å². The molecule has 2 nitrogen and oxygen atoms in total. The third-order valence-electron chi connectivity index (χ3n) is 2.82. The van der Waals surface area contributed by atoms with Gasteiger partial charge in [-0.2, -0.15) is 0 Å². The predicted octanol–water partition coefficient (Wildman–Crippen LogP) is 1.26. The summed E-state index contributed by atoms with van der Waals surface area (Å²) in [6, 6.07) is 8.41. The van der Waals surface area contributed by atoms with E-state index in [-0.39, 0.29) is 5.60 Å². The molecule has 14 heavy (non-hydrogen) atoms. The number of hydrogen-bond donors (Lipinski definition) is 2. The van der Waals surface area contributed by atoms with Gasteiger partial charge >= 0.3 is 0 Å². The van der Waals surface area contributed by atoms with Crippen LogP contribution in [-0.2, 0) is 12.8 Å². The molecule has 0 unspecified atom stereocenters. The first-order chi connectivity index (χ1) is 6.72. The number of aliphatic hydroxyl groups is 1. The summed E-state index contributed by atoms with van der Waals surface area (Å²) >= 11 is 0. The lowest BCUT2D eigenvalue weighted by molar-refractivity contribution is 0.151. The van der Waals surface area contributed by atoms with Crippen molar-refractivity contribution in [1.29, 1.82) is 0 Å². The van der Waals surface area contributed by atoms with Crippen LogP contribution in [-0.4, -0.2) is 17.3 Å². The number of hydrogen-bond acceptors (Lipinski definition) is 2. The third kappa shape index (κ3) is 2.34. The number of benzene rings is 1. The van der Waals surface area contributed by atoms with E-state index >= 15 is 0 Å². The van der Waals surface area contributed by atoms with Crippen LogP contribution in [0.25, 0.3) is 0 Å². The molecule has 1 aliphatic rings. The molecule has 2 heteroatoms. The highest BCUT2D eigenvalue weighted by Crippen LogP contribution is 2.38. The Bertz CT molecular complexity index is 301. The van der Waals surface area contributed by atoms with Gasteiger partial charge in [0, 0.05) is 6.42 Å². The molecule has 1 saturated carbocycles. The second kappa shape index (κ2) is 3.71. The average Bonchev–Trinajstić information content (AvgIpc) is 2.88. The van der Waals surface area contributed by atoms with Crippen molar-refractivity contribution in [3.8, 4) is 0 Å². The van der Waals surface area contributed by atoms with E-state index in [0.29, 0.717) is 6.54 Å².